The number of nitrogens with one attached hydrogen (secondary N) is 1. The van der Waals surface area contributed by atoms with Crippen LogP contribution < -0.4 is 10.1 Å². The van der Waals surface area contributed by atoms with E-state index in [1.165, 1.54) is 0 Å². The van der Waals surface area contributed by atoms with Crippen molar-refractivity contribution in [3.05, 3.63) is 41.9 Å². The molecule has 2 aromatic rings. The lowest BCUT2D eigenvalue weighted by Crippen LogP contribution is -2.06. The Hall–Kier alpha value is -1.68. The van der Waals surface area contributed by atoms with E-state index in [1.807, 2.05) is 30.7 Å². The standard InChI is InChI=1S/C13H16ClN3O/c1-18-13-4-3-11(14)9-12(13)16-5-2-7-17-8-6-15-10-17/h3-4,6,8-10,16H,2,5,7H2,1H3. The van der Waals surface area contributed by atoms with Gasteiger partial charge in [-0.1, -0.05) is 11.6 Å². The molecule has 5 heteroatoms. The predicted octanol–water partition coefficient (Wildman–Crippen LogP) is 3.05. The van der Waals surface area contributed by atoms with Gasteiger partial charge in [0, 0.05) is 30.5 Å². The first-order chi connectivity index (χ1) is 8.79. The molecule has 0 saturated carbocycles. The van der Waals surface area contributed by atoms with E-state index in [9.17, 15) is 0 Å². The summed E-state index contributed by atoms with van der Waals surface area (Å²) in [6.07, 6.45) is 6.57. The van der Waals surface area contributed by atoms with Crippen LogP contribution in [0.1, 0.15) is 6.42 Å². The van der Waals surface area contributed by atoms with E-state index in [0.717, 1.165) is 30.9 Å². The fourth-order valence-corrected chi connectivity index (χ4v) is 1.89. The molecule has 0 radical (unpaired) electrons. The Balaban J connectivity index is 1.84. The number of halogens is 1. The van der Waals surface area contributed by atoms with Gasteiger partial charge in [-0.15, -0.1) is 0 Å². The van der Waals surface area contributed by atoms with Crippen LogP contribution in [0.4, 0.5) is 5.69 Å². The molecule has 0 unspecified atom stereocenters. The molecule has 0 aliphatic heterocycles. The maximum Gasteiger partial charge on any atom is 0.142 e. The number of aromatic nitrogens is 2. The zero-order valence-corrected chi connectivity index (χ0v) is 11.0. The highest BCUT2D eigenvalue weighted by Gasteiger charge is 2.02. The van der Waals surface area contributed by atoms with Crippen molar-refractivity contribution in [2.75, 3.05) is 19.0 Å². The summed E-state index contributed by atoms with van der Waals surface area (Å²) < 4.78 is 7.32. The van der Waals surface area contributed by atoms with E-state index in [4.69, 9.17) is 16.3 Å². The van der Waals surface area contributed by atoms with Gasteiger partial charge >= 0.3 is 0 Å². The third-order valence-corrected chi connectivity index (χ3v) is 2.86. The maximum atomic E-state index is 5.96. The minimum Gasteiger partial charge on any atom is -0.495 e. The summed E-state index contributed by atoms with van der Waals surface area (Å²) in [5.74, 6) is 0.807. The summed E-state index contributed by atoms with van der Waals surface area (Å²) in [6.45, 7) is 1.80. The molecule has 0 aliphatic rings. The van der Waals surface area contributed by atoms with E-state index < -0.39 is 0 Å². The summed E-state index contributed by atoms with van der Waals surface area (Å²) in [5.41, 5.74) is 0.927. The lowest BCUT2D eigenvalue weighted by atomic mass is 10.3. The second-order valence-electron chi connectivity index (χ2n) is 3.93. The lowest BCUT2D eigenvalue weighted by Gasteiger charge is -2.11. The monoisotopic (exact) mass is 265 g/mol. The molecule has 1 N–H and O–H groups in total. The number of methoxy groups -OCH3 is 1. The normalized spacial score (nSPS) is 10.3. The van der Waals surface area contributed by atoms with Crippen LogP contribution in [0.25, 0.3) is 0 Å². The SMILES string of the molecule is COc1ccc(Cl)cc1NCCCn1ccnc1. The smallest absolute Gasteiger partial charge is 0.142 e. The number of hydrogen-bond donors (Lipinski definition) is 1. The van der Waals surface area contributed by atoms with E-state index in [1.54, 1.807) is 13.3 Å². The molecule has 1 aromatic carbocycles. The second-order valence-corrected chi connectivity index (χ2v) is 4.36. The summed E-state index contributed by atoms with van der Waals surface area (Å²) in [5, 5.41) is 4.03. The van der Waals surface area contributed by atoms with Gasteiger partial charge < -0.3 is 14.6 Å². The summed E-state index contributed by atoms with van der Waals surface area (Å²) in [6, 6.07) is 5.55. The van der Waals surface area contributed by atoms with Crippen molar-refractivity contribution >= 4 is 17.3 Å². The Kier molecular flexibility index (Phi) is 4.47. The van der Waals surface area contributed by atoms with Crippen molar-refractivity contribution in [3.8, 4) is 5.75 Å². The second kappa shape index (κ2) is 6.31. The molecule has 1 heterocycles. The highest BCUT2D eigenvalue weighted by Crippen LogP contribution is 2.27. The molecule has 0 fully saturated rings. The van der Waals surface area contributed by atoms with Crippen molar-refractivity contribution in [2.45, 2.75) is 13.0 Å². The Bertz CT molecular complexity index is 485. The van der Waals surface area contributed by atoms with Crippen molar-refractivity contribution in [3.63, 3.8) is 0 Å². The molecule has 18 heavy (non-hydrogen) atoms. The number of nitrogens with zero attached hydrogens (tertiary/aromatic N) is 2. The van der Waals surface area contributed by atoms with E-state index in [-0.39, 0.29) is 0 Å². The maximum absolute atomic E-state index is 5.96. The lowest BCUT2D eigenvalue weighted by molar-refractivity contribution is 0.416. The molecule has 0 amide bonds. The average molecular weight is 266 g/mol. The summed E-state index contributed by atoms with van der Waals surface area (Å²) in [4.78, 5) is 4.00. The third kappa shape index (κ3) is 3.40. The van der Waals surface area contributed by atoms with Crippen molar-refractivity contribution < 1.29 is 4.74 Å². The van der Waals surface area contributed by atoms with Gasteiger partial charge in [0.1, 0.15) is 5.75 Å². The Morgan fingerprint density at radius 3 is 3.06 bits per heavy atom. The molecule has 0 aliphatic carbocycles. The van der Waals surface area contributed by atoms with Gasteiger partial charge in [0.05, 0.1) is 19.1 Å². The number of imidazole rings is 1. The first-order valence-electron chi connectivity index (χ1n) is 5.83. The number of anilines is 1. The van der Waals surface area contributed by atoms with Crippen molar-refractivity contribution in [1.82, 2.24) is 9.55 Å². The molecule has 0 bridgehead atoms. The van der Waals surface area contributed by atoms with Gasteiger partial charge in [0.15, 0.2) is 0 Å². The van der Waals surface area contributed by atoms with Crippen LogP contribution in [-0.4, -0.2) is 23.2 Å². The topological polar surface area (TPSA) is 39.1 Å². The highest BCUT2D eigenvalue weighted by molar-refractivity contribution is 6.30. The van der Waals surface area contributed by atoms with Gasteiger partial charge in [-0.05, 0) is 24.6 Å². The van der Waals surface area contributed by atoms with Gasteiger partial charge in [-0.2, -0.15) is 0 Å². The molecule has 1 aromatic heterocycles. The summed E-state index contributed by atoms with van der Waals surface area (Å²) in [7, 11) is 1.65. The number of ether oxygens (including phenoxy) is 1. The van der Waals surface area contributed by atoms with Crippen molar-refractivity contribution in [1.29, 1.82) is 0 Å². The van der Waals surface area contributed by atoms with Crippen molar-refractivity contribution in [2.24, 2.45) is 0 Å². The quantitative estimate of drug-likeness (QED) is 0.816. The minimum absolute atomic E-state index is 0.702. The fourth-order valence-electron chi connectivity index (χ4n) is 1.72. The van der Waals surface area contributed by atoms with Gasteiger partial charge in [-0.3, -0.25) is 0 Å². The average Bonchev–Trinajstić information content (AvgIpc) is 2.88. The molecule has 0 saturated heterocycles. The Morgan fingerprint density at radius 1 is 1.44 bits per heavy atom. The molecule has 4 nitrogen and oxygen atoms in total. The first-order valence-corrected chi connectivity index (χ1v) is 6.20. The first kappa shape index (κ1) is 12.8. The molecular formula is C13H16ClN3O. The highest BCUT2D eigenvalue weighted by atomic mass is 35.5. The summed E-state index contributed by atoms with van der Waals surface area (Å²) >= 11 is 5.96. The minimum atomic E-state index is 0.702. The zero-order valence-electron chi connectivity index (χ0n) is 10.3. The van der Waals surface area contributed by atoms with Crippen LogP contribution >= 0.6 is 11.6 Å². The van der Waals surface area contributed by atoms with E-state index >= 15 is 0 Å². The predicted molar refractivity (Wildman–Crippen MR) is 73.3 cm³/mol. The van der Waals surface area contributed by atoms with Gasteiger partial charge in [0.2, 0.25) is 0 Å². The number of benzene rings is 1. The van der Waals surface area contributed by atoms with Crippen LogP contribution in [0.3, 0.4) is 0 Å². The van der Waals surface area contributed by atoms with Gasteiger partial charge in [0.25, 0.3) is 0 Å². The fraction of sp³-hybridized carbons (Fsp3) is 0.308. The third-order valence-electron chi connectivity index (χ3n) is 2.63. The van der Waals surface area contributed by atoms with Crippen LogP contribution in [0.2, 0.25) is 5.02 Å². The molecule has 96 valence electrons. The van der Waals surface area contributed by atoms with Crippen LogP contribution in [0.15, 0.2) is 36.9 Å². The number of aryl methyl sites for hydroxylation is 1. The Labute approximate surface area is 112 Å². The van der Waals surface area contributed by atoms with Crippen LogP contribution in [-0.2, 0) is 6.54 Å². The van der Waals surface area contributed by atoms with Crippen LogP contribution in [0, 0.1) is 0 Å². The van der Waals surface area contributed by atoms with E-state index in [2.05, 4.69) is 14.9 Å². The zero-order chi connectivity index (χ0) is 12.8. The Morgan fingerprint density at radius 2 is 2.33 bits per heavy atom. The van der Waals surface area contributed by atoms with Gasteiger partial charge in [-0.25, -0.2) is 4.98 Å². The largest absolute Gasteiger partial charge is 0.495 e. The molecule has 2 rings (SSSR count). The molecular weight excluding hydrogens is 250 g/mol. The van der Waals surface area contributed by atoms with E-state index in [0.29, 0.717) is 5.02 Å². The van der Waals surface area contributed by atoms with Crippen LogP contribution in [0.5, 0.6) is 5.75 Å². The number of rotatable bonds is 6. The molecule has 0 spiro atoms. The number of hydrogen-bond acceptors (Lipinski definition) is 3. The molecule has 0 atom stereocenters.